The average Bonchev–Trinajstić information content (AvgIpc) is 3.04. The third-order valence-electron chi connectivity index (χ3n) is 4.81. The van der Waals surface area contributed by atoms with Crippen LogP contribution in [0.5, 0.6) is 5.75 Å². The molecule has 0 spiro atoms. The molecule has 0 radical (unpaired) electrons. The number of ether oxygens (including phenoxy) is 1. The Morgan fingerprint density at radius 1 is 1.07 bits per heavy atom. The highest BCUT2D eigenvalue weighted by Gasteiger charge is 2.17. The number of aryl methyl sites for hydroxylation is 1. The Balaban J connectivity index is 1.79. The first-order chi connectivity index (χ1) is 14.0. The standard InChI is InChI=1S/C23H24ClNO4/c1-16-14-20-18(15-22(26)27)6-5-7-21(20)25(16)23(28)17-8-10-19(11-9-17)29-13-4-2-3-12-24/h5-11,14H,2-4,12-13,15H2,1H3,(H,26,27). The molecule has 0 aliphatic carbocycles. The summed E-state index contributed by atoms with van der Waals surface area (Å²) >= 11 is 5.66. The van der Waals surface area contributed by atoms with Crippen molar-refractivity contribution in [3.63, 3.8) is 0 Å². The maximum Gasteiger partial charge on any atom is 0.307 e. The zero-order valence-corrected chi connectivity index (χ0v) is 17.1. The van der Waals surface area contributed by atoms with E-state index in [-0.39, 0.29) is 12.3 Å². The smallest absolute Gasteiger partial charge is 0.307 e. The Bertz CT molecular complexity index is 1010. The van der Waals surface area contributed by atoms with Gasteiger partial charge in [-0.1, -0.05) is 12.1 Å². The minimum atomic E-state index is -0.896. The van der Waals surface area contributed by atoms with E-state index in [0.717, 1.165) is 36.1 Å². The van der Waals surface area contributed by atoms with Gasteiger partial charge in [-0.15, -0.1) is 11.6 Å². The van der Waals surface area contributed by atoms with E-state index < -0.39 is 5.97 Å². The predicted molar refractivity (Wildman–Crippen MR) is 114 cm³/mol. The molecule has 0 unspecified atom stereocenters. The van der Waals surface area contributed by atoms with Crippen LogP contribution < -0.4 is 4.74 Å². The molecule has 2 aromatic carbocycles. The largest absolute Gasteiger partial charge is 0.494 e. The first kappa shape index (κ1) is 20.9. The van der Waals surface area contributed by atoms with Gasteiger partial charge in [0.15, 0.2) is 0 Å². The van der Waals surface area contributed by atoms with Gasteiger partial charge in [-0.25, -0.2) is 0 Å². The zero-order valence-electron chi connectivity index (χ0n) is 16.4. The topological polar surface area (TPSA) is 68.5 Å². The number of hydrogen-bond donors (Lipinski definition) is 1. The van der Waals surface area contributed by atoms with E-state index in [0.29, 0.717) is 29.1 Å². The van der Waals surface area contributed by atoms with Crippen molar-refractivity contribution in [1.29, 1.82) is 0 Å². The van der Waals surface area contributed by atoms with Crippen molar-refractivity contribution in [2.45, 2.75) is 32.6 Å². The van der Waals surface area contributed by atoms with Crippen LogP contribution in [0.1, 0.15) is 40.9 Å². The molecule has 0 aliphatic rings. The van der Waals surface area contributed by atoms with E-state index in [4.69, 9.17) is 21.4 Å². The maximum absolute atomic E-state index is 13.1. The third kappa shape index (κ3) is 4.98. The molecule has 6 heteroatoms. The quantitative estimate of drug-likeness (QED) is 0.393. The number of carbonyl (C=O) groups is 2. The van der Waals surface area contributed by atoms with Crippen LogP contribution in [0.3, 0.4) is 0 Å². The molecule has 0 atom stereocenters. The number of unbranched alkanes of at least 4 members (excludes halogenated alkanes) is 2. The summed E-state index contributed by atoms with van der Waals surface area (Å²) in [6.07, 6.45) is 2.88. The van der Waals surface area contributed by atoms with Crippen LogP contribution in [0.4, 0.5) is 0 Å². The summed E-state index contributed by atoms with van der Waals surface area (Å²) in [7, 11) is 0. The summed E-state index contributed by atoms with van der Waals surface area (Å²) < 4.78 is 7.34. The third-order valence-corrected chi connectivity index (χ3v) is 5.08. The number of halogens is 1. The highest BCUT2D eigenvalue weighted by molar-refractivity contribution is 6.17. The lowest BCUT2D eigenvalue weighted by atomic mass is 10.1. The molecule has 0 saturated carbocycles. The monoisotopic (exact) mass is 413 g/mol. The van der Waals surface area contributed by atoms with E-state index >= 15 is 0 Å². The SMILES string of the molecule is Cc1cc2c(CC(=O)O)cccc2n1C(=O)c1ccc(OCCCCCCl)cc1. The summed E-state index contributed by atoms with van der Waals surface area (Å²) in [6, 6.07) is 14.4. The number of aliphatic carboxylic acids is 1. The van der Waals surface area contributed by atoms with Crippen LogP contribution in [-0.2, 0) is 11.2 Å². The van der Waals surface area contributed by atoms with Gasteiger partial charge in [0, 0.05) is 22.5 Å². The Kier molecular flexibility index (Phi) is 6.94. The number of carboxylic acid groups (broad SMARTS) is 1. The Morgan fingerprint density at radius 3 is 2.52 bits per heavy atom. The molecule has 5 nitrogen and oxygen atoms in total. The second-order valence-electron chi connectivity index (χ2n) is 6.97. The highest BCUT2D eigenvalue weighted by Crippen LogP contribution is 2.25. The molecule has 0 fully saturated rings. The first-order valence-corrected chi connectivity index (χ1v) is 10.2. The molecule has 0 aliphatic heterocycles. The van der Waals surface area contributed by atoms with Crippen LogP contribution in [-0.4, -0.2) is 34.0 Å². The van der Waals surface area contributed by atoms with Crippen molar-refractivity contribution in [2.75, 3.05) is 12.5 Å². The van der Waals surface area contributed by atoms with E-state index in [1.165, 1.54) is 0 Å². The number of benzene rings is 2. The molecular weight excluding hydrogens is 390 g/mol. The molecule has 1 aromatic heterocycles. The molecule has 3 aromatic rings. The second kappa shape index (κ2) is 9.61. The molecule has 1 heterocycles. The molecule has 0 amide bonds. The molecule has 0 bridgehead atoms. The summed E-state index contributed by atoms with van der Waals surface area (Å²) in [5.74, 6) is 0.346. The summed E-state index contributed by atoms with van der Waals surface area (Å²) in [6.45, 7) is 2.47. The van der Waals surface area contributed by atoms with Crippen molar-refractivity contribution in [1.82, 2.24) is 4.57 Å². The molecule has 3 rings (SSSR count). The van der Waals surface area contributed by atoms with Gasteiger partial charge in [0.2, 0.25) is 0 Å². The lowest BCUT2D eigenvalue weighted by Crippen LogP contribution is -2.13. The highest BCUT2D eigenvalue weighted by atomic mass is 35.5. The summed E-state index contributed by atoms with van der Waals surface area (Å²) in [4.78, 5) is 24.2. The Hall–Kier alpha value is -2.79. The van der Waals surface area contributed by atoms with Gasteiger partial charge < -0.3 is 9.84 Å². The lowest BCUT2D eigenvalue weighted by molar-refractivity contribution is -0.136. The molecule has 152 valence electrons. The predicted octanol–water partition coefficient (Wildman–Crippen LogP) is 5.05. The van der Waals surface area contributed by atoms with Gasteiger partial charge in [0.05, 0.1) is 18.5 Å². The maximum atomic E-state index is 13.1. The molecule has 1 N–H and O–H groups in total. The lowest BCUT2D eigenvalue weighted by Gasteiger charge is -2.09. The van der Waals surface area contributed by atoms with Crippen LogP contribution >= 0.6 is 11.6 Å². The Morgan fingerprint density at radius 2 is 1.83 bits per heavy atom. The van der Waals surface area contributed by atoms with Gasteiger partial charge in [-0.3, -0.25) is 14.2 Å². The van der Waals surface area contributed by atoms with Crippen molar-refractivity contribution >= 4 is 34.4 Å². The van der Waals surface area contributed by atoms with Crippen molar-refractivity contribution in [3.05, 3.63) is 65.4 Å². The van der Waals surface area contributed by atoms with Gasteiger partial charge in [0.1, 0.15) is 5.75 Å². The Labute approximate surface area is 174 Å². The fourth-order valence-corrected chi connectivity index (χ4v) is 3.59. The van der Waals surface area contributed by atoms with E-state index in [1.54, 1.807) is 41.0 Å². The minimum absolute atomic E-state index is 0.0775. The molecule has 29 heavy (non-hydrogen) atoms. The van der Waals surface area contributed by atoms with Crippen LogP contribution in [0, 0.1) is 6.92 Å². The van der Waals surface area contributed by atoms with Gasteiger partial charge >= 0.3 is 5.97 Å². The van der Waals surface area contributed by atoms with E-state index in [2.05, 4.69) is 0 Å². The van der Waals surface area contributed by atoms with Crippen LogP contribution in [0.2, 0.25) is 0 Å². The number of fused-ring (bicyclic) bond motifs is 1. The number of hydrogen-bond acceptors (Lipinski definition) is 3. The normalized spacial score (nSPS) is 11.0. The summed E-state index contributed by atoms with van der Waals surface area (Å²) in [5, 5.41) is 9.92. The molecular formula is C23H24ClNO4. The van der Waals surface area contributed by atoms with E-state index in [9.17, 15) is 9.59 Å². The molecule has 0 saturated heterocycles. The number of nitrogens with zero attached hydrogens (tertiary/aromatic N) is 1. The fraction of sp³-hybridized carbons (Fsp3) is 0.304. The summed E-state index contributed by atoms with van der Waals surface area (Å²) in [5.41, 5.74) is 2.72. The fourth-order valence-electron chi connectivity index (χ4n) is 3.40. The second-order valence-corrected chi connectivity index (χ2v) is 7.35. The number of alkyl halides is 1. The van der Waals surface area contributed by atoms with Crippen molar-refractivity contribution in [3.8, 4) is 5.75 Å². The zero-order chi connectivity index (χ0) is 20.8. The number of aromatic nitrogens is 1. The van der Waals surface area contributed by atoms with Crippen LogP contribution in [0.25, 0.3) is 10.9 Å². The minimum Gasteiger partial charge on any atom is -0.494 e. The van der Waals surface area contributed by atoms with E-state index in [1.807, 2.05) is 19.1 Å². The first-order valence-electron chi connectivity index (χ1n) is 9.66. The van der Waals surface area contributed by atoms with Gasteiger partial charge in [-0.05, 0) is 68.1 Å². The van der Waals surface area contributed by atoms with Crippen molar-refractivity contribution in [2.24, 2.45) is 0 Å². The van der Waals surface area contributed by atoms with Gasteiger partial charge in [-0.2, -0.15) is 0 Å². The van der Waals surface area contributed by atoms with Crippen LogP contribution in [0.15, 0.2) is 48.5 Å². The average molecular weight is 414 g/mol. The number of rotatable bonds is 9. The van der Waals surface area contributed by atoms with Gasteiger partial charge in [0.25, 0.3) is 5.91 Å². The number of carbonyl (C=O) groups excluding carboxylic acids is 1. The number of carboxylic acids is 1. The van der Waals surface area contributed by atoms with Crippen molar-refractivity contribution < 1.29 is 19.4 Å².